The molecule has 0 aromatic heterocycles. The molecule has 0 aliphatic rings. The quantitative estimate of drug-likeness (QED) is 0.0212. The van der Waals surface area contributed by atoms with Crippen molar-refractivity contribution in [2.45, 2.75) is 405 Å². The summed E-state index contributed by atoms with van der Waals surface area (Å²) < 4.78 is 30.5. The SMILES string of the molecule is CCCCC/C=C\C/C=C\CCCCCCCCCCCCCCCCCCCC(=O)OC(/C=C/CCCCCCCCCCC)C(COP(=O)([O-])OCC[N+](C)(C)C)NC(=O)CCCCCCCCCCCCCCCCCCCCCCCCC. The molecular formula is C77H149N2O7P. The number of nitrogens with one attached hydrogen (secondary N) is 1. The number of carbonyl (C=O) groups is 2. The maximum Gasteiger partial charge on any atom is 0.306 e. The van der Waals surface area contributed by atoms with E-state index in [1.54, 1.807) is 0 Å². The van der Waals surface area contributed by atoms with Crippen molar-refractivity contribution in [1.82, 2.24) is 5.32 Å². The fourth-order valence-corrected chi connectivity index (χ4v) is 12.4. The molecule has 0 aliphatic carbocycles. The Labute approximate surface area is 542 Å². The summed E-state index contributed by atoms with van der Waals surface area (Å²) in [7, 11) is 1.21. The number of allylic oxidation sites excluding steroid dienone is 5. The molecule has 0 bridgehead atoms. The van der Waals surface area contributed by atoms with Crippen LogP contribution in [0, 0.1) is 0 Å². The Bertz CT molecular complexity index is 1580. The number of amides is 1. The van der Waals surface area contributed by atoms with Crippen LogP contribution in [0.15, 0.2) is 36.5 Å². The van der Waals surface area contributed by atoms with Gasteiger partial charge in [0.15, 0.2) is 0 Å². The number of phosphoric acid groups is 1. The lowest BCUT2D eigenvalue weighted by Gasteiger charge is -2.30. The summed E-state index contributed by atoms with van der Waals surface area (Å²) in [6.07, 6.45) is 84.3. The number of hydrogen-bond acceptors (Lipinski definition) is 7. The maximum atomic E-state index is 13.6. The third-order valence-electron chi connectivity index (χ3n) is 17.6. The molecule has 3 unspecified atom stereocenters. The van der Waals surface area contributed by atoms with Crippen LogP contribution in [0.1, 0.15) is 393 Å². The van der Waals surface area contributed by atoms with E-state index < -0.39 is 20.0 Å². The number of nitrogens with zero attached hydrogens (tertiary/aromatic N) is 1. The predicted molar refractivity (Wildman–Crippen MR) is 376 cm³/mol. The van der Waals surface area contributed by atoms with Crippen LogP contribution in [0.3, 0.4) is 0 Å². The predicted octanol–water partition coefficient (Wildman–Crippen LogP) is 23.9. The fourth-order valence-electron chi connectivity index (χ4n) is 11.7. The number of carbonyl (C=O) groups excluding carboxylic acids is 2. The Morgan fingerprint density at radius 2 is 0.701 bits per heavy atom. The standard InChI is InChI=1S/C77H149N2O7P/c1-7-10-13-16-19-22-25-27-29-31-33-35-37-38-39-40-42-44-46-48-50-52-55-58-61-64-67-70-77(81)86-75(68-65-62-59-56-53-24-21-18-15-12-9-3)74(73-85-87(82,83)84-72-71-79(4,5)6)78-76(80)69-66-63-60-57-54-51-49-47-45-43-41-36-34-32-30-28-26-23-20-17-14-11-8-2/h19,22,27,29,65,68,74-75H,7-18,20-21,23-26,28,30-64,66-67,69-73H2,1-6H3,(H-,78,80,82,83)/b22-19-,29-27-,68-65+. The summed E-state index contributed by atoms with van der Waals surface area (Å²) in [5, 5.41) is 3.05. The number of quaternary nitrogens is 1. The van der Waals surface area contributed by atoms with Crippen molar-refractivity contribution in [3.63, 3.8) is 0 Å². The molecule has 0 aromatic carbocycles. The van der Waals surface area contributed by atoms with E-state index in [9.17, 15) is 19.0 Å². The first-order chi connectivity index (χ1) is 42.4. The first kappa shape index (κ1) is 85.2. The van der Waals surface area contributed by atoms with E-state index in [1.807, 2.05) is 33.3 Å². The molecule has 0 aromatic rings. The molecule has 0 saturated heterocycles. The summed E-state index contributed by atoms with van der Waals surface area (Å²) in [6, 6.07) is -0.884. The van der Waals surface area contributed by atoms with Crippen LogP contribution in [0.4, 0.5) is 0 Å². The van der Waals surface area contributed by atoms with Crippen molar-refractivity contribution in [1.29, 1.82) is 0 Å². The Hall–Kier alpha value is -1.77. The van der Waals surface area contributed by atoms with Crippen LogP contribution >= 0.6 is 7.82 Å². The average Bonchev–Trinajstić information content (AvgIpc) is 3.70. The van der Waals surface area contributed by atoms with Gasteiger partial charge < -0.3 is 28.5 Å². The molecule has 1 amide bonds. The van der Waals surface area contributed by atoms with E-state index in [4.69, 9.17) is 13.8 Å². The summed E-state index contributed by atoms with van der Waals surface area (Å²) in [6.45, 7) is 6.89. The minimum absolute atomic E-state index is 0.0184. The third-order valence-corrected chi connectivity index (χ3v) is 18.5. The molecule has 87 heavy (non-hydrogen) atoms. The van der Waals surface area contributed by atoms with E-state index in [2.05, 4.69) is 50.4 Å². The monoisotopic (exact) mass is 1250 g/mol. The van der Waals surface area contributed by atoms with Crippen molar-refractivity contribution in [3.8, 4) is 0 Å². The lowest BCUT2D eigenvalue weighted by molar-refractivity contribution is -0.870. The first-order valence-corrected chi connectivity index (χ1v) is 39.8. The van der Waals surface area contributed by atoms with Gasteiger partial charge in [-0.15, -0.1) is 0 Å². The van der Waals surface area contributed by atoms with Crippen LogP contribution in [0.25, 0.3) is 0 Å². The van der Waals surface area contributed by atoms with Gasteiger partial charge in [-0.25, -0.2) is 0 Å². The van der Waals surface area contributed by atoms with E-state index in [0.717, 1.165) is 64.2 Å². The smallest absolute Gasteiger partial charge is 0.306 e. The topological polar surface area (TPSA) is 114 Å². The number of unbranched alkanes of at least 4 members (excludes halogenated alkanes) is 51. The maximum absolute atomic E-state index is 13.6. The molecule has 0 heterocycles. The molecule has 9 nitrogen and oxygen atoms in total. The van der Waals surface area contributed by atoms with Gasteiger partial charge in [-0.3, -0.25) is 14.2 Å². The number of ether oxygens (including phenoxy) is 1. The van der Waals surface area contributed by atoms with E-state index in [-0.39, 0.29) is 31.5 Å². The largest absolute Gasteiger partial charge is 0.756 e. The van der Waals surface area contributed by atoms with Crippen molar-refractivity contribution < 1.29 is 37.3 Å². The highest BCUT2D eigenvalue weighted by Crippen LogP contribution is 2.38. The van der Waals surface area contributed by atoms with Crippen LogP contribution in [-0.2, 0) is 27.9 Å². The van der Waals surface area contributed by atoms with E-state index in [1.165, 1.54) is 295 Å². The second-order valence-corrected chi connectivity index (χ2v) is 28.9. The third kappa shape index (κ3) is 68.4. The molecule has 1 N–H and O–H groups in total. The zero-order chi connectivity index (χ0) is 63.5. The molecule has 0 saturated carbocycles. The van der Waals surface area contributed by atoms with Crippen molar-refractivity contribution in [2.75, 3.05) is 40.9 Å². The van der Waals surface area contributed by atoms with Crippen LogP contribution in [-0.4, -0.2) is 69.4 Å². The van der Waals surface area contributed by atoms with E-state index in [0.29, 0.717) is 17.4 Å². The van der Waals surface area contributed by atoms with Crippen molar-refractivity contribution in [3.05, 3.63) is 36.5 Å². The lowest BCUT2D eigenvalue weighted by atomic mass is 10.0. The zero-order valence-corrected chi connectivity index (χ0v) is 59.9. The second-order valence-electron chi connectivity index (χ2n) is 27.5. The van der Waals surface area contributed by atoms with Gasteiger partial charge in [0.25, 0.3) is 7.82 Å². The highest BCUT2D eigenvalue weighted by Gasteiger charge is 2.27. The number of likely N-dealkylation sites (N-methyl/N-ethyl adjacent to an activating group) is 1. The Balaban J connectivity index is 4.88. The second kappa shape index (κ2) is 67.1. The van der Waals surface area contributed by atoms with Gasteiger partial charge >= 0.3 is 5.97 Å². The summed E-state index contributed by atoms with van der Waals surface area (Å²) in [5.74, 6) is -0.517. The molecule has 0 spiro atoms. The molecule has 10 heteroatoms. The summed E-state index contributed by atoms with van der Waals surface area (Å²) in [4.78, 5) is 40.2. The molecule has 0 rings (SSSR count). The average molecular weight is 1250 g/mol. The minimum Gasteiger partial charge on any atom is -0.756 e. The number of esters is 1. The molecule has 0 fully saturated rings. The first-order valence-electron chi connectivity index (χ1n) is 38.3. The van der Waals surface area contributed by atoms with Gasteiger partial charge in [-0.1, -0.05) is 353 Å². The van der Waals surface area contributed by atoms with Gasteiger partial charge in [0.1, 0.15) is 19.3 Å². The fraction of sp³-hybridized carbons (Fsp3) is 0.896. The van der Waals surface area contributed by atoms with Crippen LogP contribution in [0.5, 0.6) is 0 Å². The van der Waals surface area contributed by atoms with Crippen LogP contribution in [0.2, 0.25) is 0 Å². The Morgan fingerprint density at radius 1 is 0.402 bits per heavy atom. The van der Waals surface area contributed by atoms with E-state index >= 15 is 0 Å². The summed E-state index contributed by atoms with van der Waals surface area (Å²) >= 11 is 0. The normalized spacial score (nSPS) is 13.6. The Kier molecular flexibility index (Phi) is 65.8. The van der Waals surface area contributed by atoms with Crippen molar-refractivity contribution in [2.24, 2.45) is 0 Å². The highest BCUT2D eigenvalue weighted by atomic mass is 31.2. The molecule has 3 atom stereocenters. The van der Waals surface area contributed by atoms with Gasteiger partial charge in [0.2, 0.25) is 5.91 Å². The van der Waals surface area contributed by atoms with Crippen molar-refractivity contribution >= 4 is 19.7 Å². The molecule has 514 valence electrons. The number of hydrogen-bond donors (Lipinski definition) is 1. The van der Waals surface area contributed by atoms with Crippen LogP contribution < -0.4 is 10.2 Å². The molecule has 0 radical (unpaired) electrons. The lowest BCUT2D eigenvalue weighted by Crippen LogP contribution is -2.47. The Morgan fingerprint density at radius 3 is 1.06 bits per heavy atom. The summed E-state index contributed by atoms with van der Waals surface area (Å²) in [5.41, 5.74) is 0. The van der Waals surface area contributed by atoms with Gasteiger partial charge in [-0.05, 0) is 63.9 Å². The molecule has 0 aliphatic heterocycles. The number of rotatable bonds is 71. The number of phosphoric ester groups is 1. The zero-order valence-electron chi connectivity index (χ0n) is 59.0. The van der Waals surface area contributed by atoms with Gasteiger partial charge in [0, 0.05) is 12.8 Å². The van der Waals surface area contributed by atoms with Gasteiger partial charge in [-0.2, -0.15) is 0 Å². The molecular weight excluding hydrogens is 1100 g/mol. The minimum atomic E-state index is -4.70. The van der Waals surface area contributed by atoms with Gasteiger partial charge in [0.05, 0.1) is 33.8 Å². The highest BCUT2D eigenvalue weighted by molar-refractivity contribution is 7.45.